The van der Waals surface area contributed by atoms with Gasteiger partial charge in [0.15, 0.2) is 5.82 Å². The summed E-state index contributed by atoms with van der Waals surface area (Å²) in [6, 6.07) is 6.51. The maximum absolute atomic E-state index is 13.3. The molecule has 0 amide bonds. The topological polar surface area (TPSA) is 72.2 Å². The van der Waals surface area contributed by atoms with E-state index in [-0.39, 0.29) is 20.6 Å². The highest BCUT2D eigenvalue weighted by Crippen LogP contribution is 2.30. The van der Waals surface area contributed by atoms with Crippen LogP contribution in [0.2, 0.25) is 10.0 Å². The first kappa shape index (κ1) is 16.4. The van der Waals surface area contributed by atoms with Crippen LogP contribution >= 0.6 is 39.1 Å². The first-order valence-electron chi connectivity index (χ1n) is 5.43. The van der Waals surface area contributed by atoms with Gasteiger partial charge in [0.2, 0.25) is 0 Å². The number of nitrogens with two attached hydrogens (primary N) is 1. The van der Waals surface area contributed by atoms with Crippen molar-refractivity contribution in [2.75, 3.05) is 10.5 Å². The third-order valence-electron chi connectivity index (χ3n) is 2.48. The number of sulfonamides is 1. The maximum Gasteiger partial charge on any atom is 0.263 e. The van der Waals surface area contributed by atoms with E-state index < -0.39 is 15.8 Å². The summed E-state index contributed by atoms with van der Waals surface area (Å²) in [5, 5.41) is -0.562. The van der Waals surface area contributed by atoms with Crippen molar-refractivity contribution in [2.45, 2.75) is 4.90 Å². The molecule has 0 aliphatic carbocycles. The lowest BCUT2D eigenvalue weighted by molar-refractivity contribution is 0.600. The fourth-order valence-corrected chi connectivity index (χ4v) is 4.18. The Hall–Kier alpha value is -1.02. The first-order valence-corrected chi connectivity index (χ1v) is 8.46. The van der Waals surface area contributed by atoms with Gasteiger partial charge in [-0.05, 0) is 46.3 Å². The van der Waals surface area contributed by atoms with Crippen LogP contribution in [0.5, 0.6) is 0 Å². The van der Waals surface area contributed by atoms with Crippen molar-refractivity contribution in [3.05, 3.63) is 50.7 Å². The molecule has 0 fully saturated rings. The van der Waals surface area contributed by atoms with Crippen LogP contribution in [-0.4, -0.2) is 8.42 Å². The van der Waals surface area contributed by atoms with Crippen molar-refractivity contribution in [3.8, 4) is 0 Å². The fraction of sp³-hybridized carbons (Fsp3) is 0. The van der Waals surface area contributed by atoms with Crippen LogP contribution in [0.1, 0.15) is 0 Å². The van der Waals surface area contributed by atoms with E-state index >= 15 is 0 Å². The van der Waals surface area contributed by atoms with E-state index in [4.69, 9.17) is 28.9 Å². The van der Waals surface area contributed by atoms with Crippen LogP contribution in [0.15, 0.2) is 39.7 Å². The van der Waals surface area contributed by atoms with Crippen molar-refractivity contribution in [3.63, 3.8) is 0 Å². The smallest absolute Gasteiger partial charge is 0.263 e. The molecular weight excluding hydrogens is 406 g/mol. The van der Waals surface area contributed by atoms with E-state index in [1.165, 1.54) is 18.2 Å². The minimum absolute atomic E-state index is 0.0201. The Morgan fingerprint density at radius 3 is 2.24 bits per heavy atom. The molecule has 0 bridgehead atoms. The number of hydrogen-bond donors (Lipinski definition) is 2. The molecule has 21 heavy (non-hydrogen) atoms. The van der Waals surface area contributed by atoms with E-state index in [0.29, 0.717) is 10.2 Å². The lowest BCUT2D eigenvalue weighted by Gasteiger charge is -2.11. The van der Waals surface area contributed by atoms with Crippen LogP contribution < -0.4 is 10.5 Å². The lowest BCUT2D eigenvalue weighted by Crippen LogP contribution is -2.14. The molecule has 0 radical (unpaired) electrons. The average molecular weight is 414 g/mol. The quantitative estimate of drug-likeness (QED) is 0.582. The lowest BCUT2D eigenvalue weighted by atomic mass is 10.3. The molecule has 3 N–H and O–H groups in total. The van der Waals surface area contributed by atoms with Gasteiger partial charge in [0.25, 0.3) is 10.0 Å². The van der Waals surface area contributed by atoms with E-state index in [9.17, 15) is 12.8 Å². The van der Waals surface area contributed by atoms with Gasteiger partial charge in [-0.25, -0.2) is 12.8 Å². The Morgan fingerprint density at radius 1 is 1.14 bits per heavy atom. The Labute approximate surface area is 139 Å². The Balaban J connectivity index is 2.42. The van der Waals surface area contributed by atoms with Gasteiger partial charge in [0.05, 0.1) is 15.7 Å². The SMILES string of the molecule is Nc1ccc(S(=O)(=O)Nc2cc(Cl)c(F)c(Cl)c2)c(Br)c1. The molecule has 0 aromatic heterocycles. The fourth-order valence-electron chi connectivity index (χ4n) is 1.56. The summed E-state index contributed by atoms with van der Waals surface area (Å²) >= 11 is 14.4. The van der Waals surface area contributed by atoms with Crippen LogP contribution in [-0.2, 0) is 10.0 Å². The normalized spacial score (nSPS) is 11.4. The van der Waals surface area contributed by atoms with Gasteiger partial charge in [-0.15, -0.1) is 0 Å². The van der Waals surface area contributed by atoms with E-state index in [2.05, 4.69) is 20.7 Å². The van der Waals surface area contributed by atoms with Crippen molar-refractivity contribution in [1.82, 2.24) is 0 Å². The minimum Gasteiger partial charge on any atom is -0.399 e. The molecule has 0 heterocycles. The van der Waals surface area contributed by atoms with Crippen LogP contribution in [0.3, 0.4) is 0 Å². The number of rotatable bonds is 3. The molecule has 0 unspecified atom stereocenters. The van der Waals surface area contributed by atoms with Crippen molar-refractivity contribution < 1.29 is 12.8 Å². The summed E-state index contributed by atoms with van der Waals surface area (Å²) < 4.78 is 40.4. The summed E-state index contributed by atoms with van der Waals surface area (Å²) in [6.45, 7) is 0. The van der Waals surface area contributed by atoms with E-state index in [1.807, 2.05) is 0 Å². The number of benzene rings is 2. The van der Waals surface area contributed by atoms with Gasteiger partial charge in [-0.3, -0.25) is 4.72 Å². The molecule has 2 aromatic carbocycles. The molecule has 4 nitrogen and oxygen atoms in total. The van der Waals surface area contributed by atoms with E-state index in [1.54, 1.807) is 0 Å². The molecule has 112 valence electrons. The Morgan fingerprint density at radius 2 is 1.71 bits per heavy atom. The van der Waals surface area contributed by atoms with Gasteiger partial charge in [-0.1, -0.05) is 23.2 Å². The van der Waals surface area contributed by atoms with Crippen molar-refractivity contribution in [1.29, 1.82) is 0 Å². The zero-order valence-electron chi connectivity index (χ0n) is 10.2. The summed E-state index contributed by atoms with van der Waals surface area (Å²) in [5.41, 5.74) is 6.02. The highest BCUT2D eigenvalue weighted by molar-refractivity contribution is 9.10. The second-order valence-corrected chi connectivity index (χ2v) is 7.37. The van der Waals surface area contributed by atoms with E-state index in [0.717, 1.165) is 12.1 Å². The second-order valence-electron chi connectivity index (χ2n) is 4.05. The standard InChI is InChI=1S/C12H8BrCl2FN2O2S/c13-8-3-6(17)1-2-11(8)21(19,20)18-7-4-9(14)12(16)10(15)5-7/h1-5,18H,17H2. The number of hydrogen-bond acceptors (Lipinski definition) is 3. The van der Waals surface area contributed by atoms with Crippen LogP contribution in [0, 0.1) is 5.82 Å². The van der Waals surface area contributed by atoms with Crippen LogP contribution in [0.4, 0.5) is 15.8 Å². The third kappa shape index (κ3) is 3.60. The number of halogens is 4. The zero-order valence-corrected chi connectivity index (χ0v) is 14.1. The second kappa shape index (κ2) is 6.00. The molecule has 9 heteroatoms. The van der Waals surface area contributed by atoms with Gasteiger partial charge in [-0.2, -0.15) is 0 Å². The van der Waals surface area contributed by atoms with Gasteiger partial charge in [0.1, 0.15) is 4.90 Å². The van der Waals surface area contributed by atoms with Gasteiger partial charge < -0.3 is 5.73 Å². The van der Waals surface area contributed by atoms with Crippen LogP contribution in [0.25, 0.3) is 0 Å². The summed E-state index contributed by atoms with van der Waals surface area (Å²) in [5.74, 6) is -0.810. The molecule has 0 saturated carbocycles. The highest BCUT2D eigenvalue weighted by atomic mass is 79.9. The van der Waals surface area contributed by atoms with Gasteiger partial charge in [0, 0.05) is 10.2 Å². The minimum atomic E-state index is -3.90. The van der Waals surface area contributed by atoms with Crippen molar-refractivity contribution >= 4 is 60.5 Å². The largest absolute Gasteiger partial charge is 0.399 e. The summed E-state index contributed by atoms with van der Waals surface area (Å²) in [6.07, 6.45) is 0. The Bertz CT molecular complexity index is 792. The molecule has 2 aromatic rings. The summed E-state index contributed by atoms with van der Waals surface area (Å²) in [4.78, 5) is -0.0201. The molecule has 2 rings (SSSR count). The molecular formula is C12H8BrCl2FN2O2S. The number of nitrogens with one attached hydrogen (secondary N) is 1. The van der Waals surface area contributed by atoms with Gasteiger partial charge >= 0.3 is 0 Å². The molecule has 0 saturated heterocycles. The number of anilines is 2. The van der Waals surface area contributed by atoms with Crippen molar-refractivity contribution in [2.24, 2.45) is 0 Å². The molecule has 0 spiro atoms. The highest BCUT2D eigenvalue weighted by Gasteiger charge is 2.19. The number of nitrogen functional groups attached to an aromatic ring is 1. The zero-order chi connectivity index (χ0) is 15.8. The predicted octanol–water partition coefficient (Wildman–Crippen LogP) is 4.28. The molecule has 0 aliphatic rings. The third-order valence-corrected chi connectivity index (χ3v) is 5.39. The first-order chi connectivity index (χ1) is 9.70. The predicted molar refractivity (Wildman–Crippen MR) is 85.8 cm³/mol. The monoisotopic (exact) mass is 412 g/mol. The molecule has 0 aliphatic heterocycles. The average Bonchev–Trinajstić information content (AvgIpc) is 2.34. The molecule has 0 atom stereocenters. The Kier molecular flexibility index (Phi) is 4.67. The maximum atomic E-state index is 13.3. The summed E-state index contributed by atoms with van der Waals surface area (Å²) in [7, 11) is -3.90.